The Bertz CT molecular complexity index is 726. The quantitative estimate of drug-likeness (QED) is 0.574. The van der Waals surface area contributed by atoms with Gasteiger partial charge in [0.05, 0.1) is 11.0 Å². The SMILES string of the molecule is Nc1ccc(F)cc1C[S+]([O-])c1nc2ccccc2[nH]1. The molecule has 4 nitrogen and oxygen atoms in total. The summed E-state index contributed by atoms with van der Waals surface area (Å²) in [6.45, 7) is 0. The van der Waals surface area contributed by atoms with Crippen LogP contribution >= 0.6 is 0 Å². The van der Waals surface area contributed by atoms with Gasteiger partial charge in [0.1, 0.15) is 11.6 Å². The minimum absolute atomic E-state index is 0.128. The Kier molecular flexibility index (Phi) is 3.33. The highest BCUT2D eigenvalue weighted by atomic mass is 32.2. The minimum atomic E-state index is -1.40. The van der Waals surface area contributed by atoms with Gasteiger partial charge in [-0.25, -0.2) is 4.39 Å². The molecule has 0 aliphatic heterocycles. The molecule has 0 aliphatic rings. The fourth-order valence-corrected chi connectivity index (χ4v) is 3.04. The summed E-state index contributed by atoms with van der Waals surface area (Å²) >= 11 is -1.40. The molecule has 3 N–H and O–H groups in total. The summed E-state index contributed by atoms with van der Waals surface area (Å²) in [6.07, 6.45) is 0. The van der Waals surface area contributed by atoms with Crippen LogP contribution < -0.4 is 5.73 Å². The van der Waals surface area contributed by atoms with Gasteiger partial charge in [-0.2, -0.15) is 4.98 Å². The van der Waals surface area contributed by atoms with Crippen LogP contribution in [0.5, 0.6) is 0 Å². The second-order valence-corrected chi connectivity index (χ2v) is 5.76. The maximum absolute atomic E-state index is 13.2. The monoisotopic (exact) mass is 289 g/mol. The van der Waals surface area contributed by atoms with Crippen molar-refractivity contribution >= 4 is 27.9 Å². The second kappa shape index (κ2) is 5.15. The smallest absolute Gasteiger partial charge is 0.321 e. The number of benzene rings is 2. The van der Waals surface area contributed by atoms with E-state index in [2.05, 4.69) is 9.97 Å². The number of anilines is 1. The van der Waals surface area contributed by atoms with Crippen LogP contribution in [0.15, 0.2) is 47.6 Å². The van der Waals surface area contributed by atoms with Gasteiger partial charge in [-0.1, -0.05) is 12.1 Å². The number of rotatable bonds is 3. The van der Waals surface area contributed by atoms with E-state index in [0.717, 1.165) is 11.0 Å². The highest BCUT2D eigenvalue weighted by Gasteiger charge is 2.18. The molecule has 0 bridgehead atoms. The second-order valence-electron chi connectivity index (χ2n) is 4.39. The lowest BCUT2D eigenvalue weighted by Crippen LogP contribution is -2.09. The third-order valence-corrected chi connectivity index (χ3v) is 4.17. The fraction of sp³-hybridized carbons (Fsp3) is 0.0714. The molecule has 3 rings (SSSR count). The Morgan fingerprint density at radius 2 is 2.05 bits per heavy atom. The molecule has 0 saturated carbocycles. The summed E-state index contributed by atoms with van der Waals surface area (Å²) in [5, 5.41) is 0.370. The van der Waals surface area contributed by atoms with Crippen molar-refractivity contribution < 1.29 is 8.94 Å². The van der Waals surface area contributed by atoms with E-state index in [0.29, 0.717) is 16.4 Å². The van der Waals surface area contributed by atoms with Gasteiger partial charge in [0.25, 0.3) is 0 Å². The minimum Gasteiger partial charge on any atom is -0.609 e. The topological polar surface area (TPSA) is 77.8 Å². The molecular weight excluding hydrogens is 277 g/mol. The maximum Gasteiger partial charge on any atom is 0.321 e. The van der Waals surface area contributed by atoms with Gasteiger partial charge < -0.3 is 10.3 Å². The van der Waals surface area contributed by atoms with Crippen molar-refractivity contribution in [3.63, 3.8) is 0 Å². The number of H-pyrrole nitrogens is 1. The first-order valence-corrected chi connectivity index (χ1v) is 7.32. The standard InChI is InChI=1S/C14H12FN3OS/c15-10-5-6-11(16)9(7-10)8-20(19)14-17-12-3-1-2-4-13(12)18-14/h1-7H,8,16H2,(H,17,18). The molecule has 3 aromatic rings. The molecule has 0 amide bonds. The number of aromatic amines is 1. The van der Waals surface area contributed by atoms with Crippen molar-refractivity contribution in [2.45, 2.75) is 10.9 Å². The van der Waals surface area contributed by atoms with Gasteiger partial charge >= 0.3 is 5.16 Å². The van der Waals surface area contributed by atoms with Gasteiger partial charge in [-0.3, -0.25) is 4.98 Å². The van der Waals surface area contributed by atoms with Crippen LogP contribution in [-0.4, -0.2) is 14.5 Å². The van der Waals surface area contributed by atoms with E-state index in [4.69, 9.17) is 5.73 Å². The van der Waals surface area contributed by atoms with E-state index in [1.165, 1.54) is 18.2 Å². The maximum atomic E-state index is 13.2. The average Bonchev–Trinajstić information content (AvgIpc) is 2.87. The summed E-state index contributed by atoms with van der Waals surface area (Å²) in [4.78, 5) is 7.27. The van der Waals surface area contributed by atoms with Gasteiger partial charge in [0, 0.05) is 22.4 Å². The number of aromatic nitrogens is 2. The fourth-order valence-electron chi connectivity index (χ4n) is 1.95. The predicted octanol–water partition coefficient (Wildman–Crippen LogP) is 2.59. The Morgan fingerprint density at radius 3 is 2.85 bits per heavy atom. The number of hydrogen-bond donors (Lipinski definition) is 2. The largest absolute Gasteiger partial charge is 0.609 e. The Hall–Kier alpha value is -2.05. The number of hydrogen-bond acceptors (Lipinski definition) is 3. The van der Waals surface area contributed by atoms with Crippen LogP contribution in [0.2, 0.25) is 0 Å². The van der Waals surface area contributed by atoms with Crippen molar-refractivity contribution in [1.29, 1.82) is 0 Å². The summed E-state index contributed by atoms with van der Waals surface area (Å²) in [5.41, 5.74) is 8.28. The first-order valence-electron chi connectivity index (χ1n) is 6.00. The molecule has 0 spiro atoms. The van der Waals surface area contributed by atoms with Crippen LogP contribution in [-0.2, 0) is 16.9 Å². The number of nitrogens with one attached hydrogen (secondary N) is 1. The number of nitrogens with two attached hydrogens (primary N) is 1. The van der Waals surface area contributed by atoms with Gasteiger partial charge in [0.15, 0.2) is 0 Å². The summed E-state index contributed by atoms with van der Waals surface area (Å²) in [5.74, 6) is -0.264. The predicted molar refractivity (Wildman–Crippen MR) is 77.0 cm³/mol. The normalized spacial score (nSPS) is 12.7. The molecule has 20 heavy (non-hydrogen) atoms. The Labute approximate surface area is 118 Å². The summed E-state index contributed by atoms with van der Waals surface area (Å²) in [6, 6.07) is 11.5. The van der Waals surface area contributed by atoms with Crippen LogP contribution in [0.25, 0.3) is 11.0 Å². The molecule has 102 valence electrons. The first-order chi connectivity index (χ1) is 9.63. The average molecular weight is 289 g/mol. The third-order valence-electron chi connectivity index (χ3n) is 2.97. The third kappa shape index (κ3) is 2.48. The van der Waals surface area contributed by atoms with Gasteiger partial charge in [-0.05, 0) is 30.3 Å². The number of nitrogens with zero attached hydrogens (tertiary/aromatic N) is 1. The van der Waals surface area contributed by atoms with Gasteiger partial charge in [-0.15, -0.1) is 0 Å². The molecule has 0 fully saturated rings. The first kappa shape index (κ1) is 13.0. The van der Waals surface area contributed by atoms with Crippen molar-refractivity contribution in [2.75, 3.05) is 5.73 Å². The zero-order valence-corrected chi connectivity index (χ0v) is 11.3. The zero-order chi connectivity index (χ0) is 14.1. The lowest BCUT2D eigenvalue weighted by atomic mass is 10.2. The van der Waals surface area contributed by atoms with Crippen molar-refractivity contribution in [3.8, 4) is 0 Å². The van der Waals surface area contributed by atoms with Crippen molar-refractivity contribution in [3.05, 3.63) is 53.8 Å². The molecule has 6 heteroatoms. The summed E-state index contributed by atoms with van der Waals surface area (Å²) in [7, 11) is 0. The molecule has 1 aromatic heterocycles. The highest BCUT2D eigenvalue weighted by Crippen LogP contribution is 2.21. The van der Waals surface area contributed by atoms with E-state index in [-0.39, 0.29) is 5.75 Å². The van der Waals surface area contributed by atoms with Crippen LogP contribution in [0.3, 0.4) is 0 Å². The van der Waals surface area contributed by atoms with E-state index in [1.54, 1.807) is 0 Å². The molecule has 0 saturated heterocycles. The van der Waals surface area contributed by atoms with Crippen molar-refractivity contribution in [2.24, 2.45) is 0 Å². The van der Waals surface area contributed by atoms with Crippen LogP contribution in [0, 0.1) is 5.82 Å². The van der Waals surface area contributed by atoms with Crippen LogP contribution in [0.4, 0.5) is 10.1 Å². The molecule has 1 atom stereocenters. The van der Waals surface area contributed by atoms with E-state index in [1.807, 2.05) is 24.3 Å². The number of para-hydroxylation sites is 2. The Balaban J connectivity index is 1.88. The summed E-state index contributed by atoms with van der Waals surface area (Å²) < 4.78 is 25.5. The number of imidazole rings is 1. The highest BCUT2D eigenvalue weighted by molar-refractivity contribution is 7.90. The van der Waals surface area contributed by atoms with Crippen molar-refractivity contribution in [1.82, 2.24) is 9.97 Å². The molecule has 1 unspecified atom stereocenters. The van der Waals surface area contributed by atoms with E-state index < -0.39 is 17.0 Å². The molecule has 2 aromatic carbocycles. The molecule has 0 radical (unpaired) electrons. The van der Waals surface area contributed by atoms with E-state index in [9.17, 15) is 8.94 Å². The molecule has 0 aliphatic carbocycles. The van der Waals surface area contributed by atoms with Crippen LogP contribution in [0.1, 0.15) is 5.56 Å². The molecule has 1 heterocycles. The number of halogens is 1. The lowest BCUT2D eigenvalue weighted by Gasteiger charge is -2.09. The van der Waals surface area contributed by atoms with E-state index >= 15 is 0 Å². The number of nitrogen functional groups attached to an aromatic ring is 1. The number of fused-ring (bicyclic) bond motifs is 1. The van der Waals surface area contributed by atoms with Gasteiger partial charge in [0.2, 0.25) is 0 Å². The Morgan fingerprint density at radius 1 is 1.25 bits per heavy atom. The molecular formula is C14H12FN3OS. The zero-order valence-electron chi connectivity index (χ0n) is 10.5. The lowest BCUT2D eigenvalue weighted by molar-refractivity contribution is 0.587.